The Morgan fingerprint density at radius 2 is 1.65 bits per heavy atom. The number of allylic oxidation sites excluding steroid dienone is 3. The van der Waals surface area contributed by atoms with Crippen molar-refractivity contribution in [2.45, 2.75) is 179 Å². The van der Waals surface area contributed by atoms with Crippen molar-refractivity contribution in [3.05, 3.63) is 57.7 Å². The molecule has 5 rings (SSSR count). The van der Waals surface area contributed by atoms with Crippen molar-refractivity contribution < 1.29 is 65.5 Å². The zero-order valence-corrected chi connectivity index (χ0v) is 42.1. The molecule has 0 radical (unpaired) electrons. The molecule has 13 atom stereocenters. The number of carbonyl (C=O) groups excluding carboxylic acids is 4. The van der Waals surface area contributed by atoms with Gasteiger partial charge in [0.1, 0.15) is 30.1 Å². The van der Waals surface area contributed by atoms with Crippen LogP contribution in [-0.2, 0) is 57.2 Å². The molecule has 1 aromatic carbocycles. The molecule has 2 saturated heterocycles. The fraction of sp³-hybridized carbons (Fsp3) is 0.720. The Labute approximate surface area is 401 Å². The molecule has 1 saturated carbocycles. The first-order valence-electron chi connectivity index (χ1n) is 24.4. The van der Waals surface area contributed by atoms with Crippen LogP contribution in [0.5, 0.6) is 0 Å². The smallest absolute Gasteiger partial charge is 0.329 e. The van der Waals surface area contributed by atoms with E-state index in [2.05, 4.69) is 6.92 Å². The number of nitrogens with zero attached hydrogens (tertiary/aromatic N) is 2. The van der Waals surface area contributed by atoms with Gasteiger partial charge in [-0.05, 0) is 121 Å². The number of nitro benzene ring substituents is 1. The highest BCUT2D eigenvalue weighted by molar-refractivity contribution is 7.87. The zero-order chi connectivity index (χ0) is 50.1. The van der Waals surface area contributed by atoms with Crippen molar-refractivity contribution in [3.8, 4) is 0 Å². The number of piperidine rings is 1. The van der Waals surface area contributed by atoms with Gasteiger partial charge < -0.3 is 33.7 Å². The summed E-state index contributed by atoms with van der Waals surface area (Å²) >= 11 is 0. The molecule has 3 aliphatic heterocycles. The minimum Gasteiger partial charge on any atom is -0.456 e. The molecule has 68 heavy (non-hydrogen) atoms. The second kappa shape index (κ2) is 24.3. The first kappa shape index (κ1) is 55.0. The fourth-order valence-electron chi connectivity index (χ4n) is 10.7. The second-order valence-corrected chi connectivity index (χ2v) is 21.0. The number of methoxy groups -OCH3 is 2. The van der Waals surface area contributed by atoms with Gasteiger partial charge in [0.25, 0.3) is 17.4 Å². The van der Waals surface area contributed by atoms with Gasteiger partial charge in [-0.15, -0.1) is 0 Å². The third-order valence-corrected chi connectivity index (χ3v) is 15.8. The molecule has 380 valence electrons. The number of ketones is 2. The Bertz CT molecular complexity index is 2130. The minimum atomic E-state index is -4.55. The van der Waals surface area contributed by atoms with Gasteiger partial charge >= 0.3 is 16.1 Å². The molecule has 4 aliphatic rings. The average molecular weight is 975 g/mol. The van der Waals surface area contributed by atoms with Crippen LogP contribution >= 0.6 is 0 Å². The molecular formula is C50H74N2O15S. The van der Waals surface area contributed by atoms with E-state index in [1.165, 1.54) is 31.3 Å². The third kappa shape index (κ3) is 13.1. The summed E-state index contributed by atoms with van der Waals surface area (Å²) in [6.45, 7) is 13.5. The number of fused-ring (bicyclic) bond motifs is 3. The number of cyclic esters (lactones) is 1. The lowest BCUT2D eigenvalue weighted by atomic mass is 9.82. The number of Topliss-reactive ketones (excluding diaryl/α,β-unsaturated/α-hetero) is 2. The summed E-state index contributed by atoms with van der Waals surface area (Å²) in [5.74, 6) is -7.16. The van der Waals surface area contributed by atoms with Crippen molar-refractivity contribution in [1.82, 2.24) is 4.90 Å². The van der Waals surface area contributed by atoms with Crippen LogP contribution < -0.4 is 0 Å². The molecule has 17 nitrogen and oxygen atoms in total. The Hall–Kier alpha value is -3.91. The highest BCUT2D eigenvalue weighted by atomic mass is 32.2. The lowest BCUT2D eigenvalue weighted by Gasteiger charge is -2.47. The highest BCUT2D eigenvalue weighted by Gasteiger charge is 2.56. The summed E-state index contributed by atoms with van der Waals surface area (Å²) in [6.07, 6.45) is 4.21. The third-order valence-electron chi connectivity index (χ3n) is 14.4. The van der Waals surface area contributed by atoms with Crippen LogP contribution in [0.15, 0.2) is 52.5 Å². The van der Waals surface area contributed by atoms with Gasteiger partial charge in [0.15, 0.2) is 4.90 Å². The van der Waals surface area contributed by atoms with Crippen LogP contribution in [0.1, 0.15) is 126 Å². The average Bonchev–Trinajstić information content (AvgIpc) is 3.31. The van der Waals surface area contributed by atoms with Crippen molar-refractivity contribution >= 4 is 39.2 Å². The normalized spacial score (nSPS) is 34.6. The monoisotopic (exact) mass is 974 g/mol. The number of nitro groups is 1. The van der Waals surface area contributed by atoms with E-state index in [1.807, 2.05) is 39.8 Å². The topological polar surface area (TPSA) is 224 Å². The van der Waals surface area contributed by atoms with Crippen molar-refractivity contribution in [1.29, 1.82) is 0 Å². The maximum atomic E-state index is 14.5. The van der Waals surface area contributed by atoms with Crippen molar-refractivity contribution in [2.75, 3.05) is 27.4 Å². The lowest BCUT2D eigenvalue weighted by molar-refractivity contribution is -0.387. The number of rotatable bonds is 11. The Balaban J connectivity index is 1.47. The van der Waals surface area contributed by atoms with Crippen molar-refractivity contribution in [3.63, 3.8) is 0 Å². The molecular weight excluding hydrogens is 901 g/mol. The summed E-state index contributed by atoms with van der Waals surface area (Å²) in [7, 11) is -1.50. The van der Waals surface area contributed by atoms with E-state index in [1.54, 1.807) is 13.8 Å². The van der Waals surface area contributed by atoms with E-state index in [-0.39, 0.29) is 68.3 Å². The first-order valence-corrected chi connectivity index (χ1v) is 25.8. The van der Waals surface area contributed by atoms with Gasteiger partial charge in [-0.2, -0.15) is 8.42 Å². The van der Waals surface area contributed by atoms with Crippen LogP contribution in [0.4, 0.5) is 5.69 Å². The second-order valence-electron chi connectivity index (χ2n) is 19.5. The van der Waals surface area contributed by atoms with Gasteiger partial charge in [0.2, 0.25) is 5.79 Å². The van der Waals surface area contributed by atoms with E-state index in [0.29, 0.717) is 56.9 Å². The van der Waals surface area contributed by atoms with Gasteiger partial charge in [-0.3, -0.25) is 28.7 Å². The Morgan fingerprint density at radius 1 is 0.956 bits per heavy atom. The number of esters is 1. The van der Waals surface area contributed by atoms with Crippen LogP contribution in [0.3, 0.4) is 0 Å². The molecule has 13 unspecified atom stereocenters. The summed E-state index contributed by atoms with van der Waals surface area (Å²) in [4.78, 5) is 68.7. The predicted molar refractivity (Wildman–Crippen MR) is 250 cm³/mol. The molecule has 1 amide bonds. The molecule has 1 N–H and O–H groups in total. The van der Waals surface area contributed by atoms with Crippen LogP contribution in [0.25, 0.3) is 0 Å². The summed E-state index contributed by atoms with van der Waals surface area (Å²) in [5.41, 5.74) is 1.11. The molecule has 3 heterocycles. The van der Waals surface area contributed by atoms with E-state index >= 15 is 0 Å². The van der Waals surface area contributed by atoms with Gasteiger partial charge in [0, 0.05) is 51.7 Å². The summed E-state index contributed by atoms with van der Waals surface area (Å²) in [5, 5.41) is 23.8. The SMILES string of the molecule is CCOC1CC(C=C(C)C2OC(=O)C3CCCCN3C(=O)C(=O)C3(O)OC(C(OC)CC(C)CC(C)=CC(CC)C(=O)CCC2C)C(OC)CC3C)CCC1OS(=O)(=O)c1ccccc1[N+](=O)[O-]. The van der Waals surface area contributed by atoms with Crippen LogP contribution in [0.2, 0.25) is 0 Å². The van der Waals surface area contributed by atoms with Gasteiger partial charge in [-0.25, -0.2) is 4.79 Å². The maximum absolute atomic E-state index is 14.5. The van der Waals surface area contributed by atoms with Gasteiger partial charge in [0.05, 0.1) is 23.2 Å². The maximum Gasteiger partial charge on any atom is 0.329 e. The fourth-order valence-corrected chi connectivity index (χ4v) is 12.0. The number of carbonyl (C=O) groups is 4. The zero-order valence-electron chi connectivity index (χ0n) is 41.3. The number of para-hydroxylation sites is 1. The molecule has 1 aromatic rings. The van der Waals surface area contributed by atoms with E-state index < -0.39 is 97.7 Å². The Kier molecular flexibility index (Phi) is 19.6. The standard InChI is InChI=1S/C50H74N2O15S/c1-10-36-25-30(3)24-31(4)26-42(62-8)46-43(63-9)28-34(7)50(57,66-46)47(54)48(55)51-23-15-14-17-38(51)49(56)65-45(32(5)19-21-39(36)53)33(6)27-35-20-22-40(41(29-35)64-11-2)67-68(60,61)44-18-13-12-16-37(44)52(58)59/h12-13,16,18,25,27,31-32,34-36,38,40-43,45-46,57H,10-11,14-15,17,19-24,26,28-29H2,1-9H3. The Morgan fingerprint density at radius 3 is 2.31 bits per heavy atom. The summed E-state index contributed by atoms with van der Waals surface area (Å²) < 4.78 is 63.0. The molecule has 1 aliphatic carbocycles. The highest BCUT2D eigenvalue weighted by Crippen LogP contribution is 2.40. The number of aliphatic hydroxyl groups is 1. The molecule has 0 aromatic heterocycles. The quantitative estimate of drug-likeness (QED) is 0.0577. The molecule has 2 bridgehead atoms. The largest absolute Gasteiger partial charge is 0.456 e. The van der Waals surface area contributed by atoms with E-state index in [9.17, 15) is 42.8 Å². The van der Waals surface area contributed by atoms with E-state index in [4.69, 9.17) is 27.9 Å². The number of hydrogen-bond donors (Lipinski definition) is 1. The van der Waals surface area contributed by atoms with Gasteiger partial charge in [-0.1, -0.05) is 57.6 Å². The minimum absolute atomic E-state index is 0.0364. The van der Waals surface area contributed by atoms with Crippen molar-refractivity contribution in [2.24, 2.45) is 29.6 Å². The molecule has 0 spiro atoms. The van der Waals surface area contributed by atoms with E-state index in [0.717, 1.165) is 17.7 Å². The molecule has 18 heteroatoms. The number of benzene rings is 1. The number of hydrogen-bond acceptors (Lipinski definition) is 15. The first-order chi connectivity index (χ1) is 32.2. The number of amides is 1. The van der Waals surface area contributed by atoms with Crippen LogP contribution in [-0.4, -0.2) is 123 Å². The predicted octanol–water partition coefficient (Wildman–Crippen LogP) is 7.21. The van der Waals surface area contributed by atoms with Crippen LogP contribution in [0, 0.1) is 39.7 Å². The molecule has 3 fully saturated rings. The summed E-state index contributed by atoms with van der Waals surface area (Å²) in [6, 6.07) is 3.86. The number of ether oxygens (including phenoxy) is 5. The lowest BCUT2D eigenvalue weighted by Crippen LogP contribution is -2.64.